The number of anilines is 1. The summed E-state index contributed by atoms with van der Waals surface area (Å²) < 4.78 is 48.6. The number of rotatable bonds is 4. The zero-order chi connectivity index (χ0) is 14.5. The number of fused-ring (bicyclic) bond motifs is 1. The summed E-state index contributed by atoms with van der Waals surface area (Å²) in [5, 5.41) is 5.09. The Morgan fingerprint density at radius 3 is 2.50 bits per heavy atom. The van der Waals surface area contributed by atoms with Crippen LogP contribution in [-0.2, 0) is 26.5 Å². The molecule has 2 aliphatic rings. The first-order valence-corrected chi connectivity index (χ1v) is 9.59. The van der Waals surface area contributed by atoms with Gasteiger partial charge in [0.15, 0.2) is 0 Å². The molecule has 0 amide bonds. The summed E-state index contributed by atoms with van der Waals surface area (Å²) in [5.41, 5.74) is 1.30. The Hall–Kier alpha value is -1.12. The summed E-state index contributed by atoms with van der Waals surface area (Å²) in [7, 11) is -7.06. The van der Waals surface area contributed by atoms with Crippen molar-refractivity contribution in [1.82, 2.24) is 0 Å². The molecule has 1 heterocycles. The molecule has 3 rings (SSSR count). The van der Waals surface area contributed by atoms with Gasteiger partial charge in [0.25, 0.3) is 0 Å². The third-order valence-electron chi connectivity index (χ3n) is 3.71. The topological polar surface area (TPSA) is 97.5 Å². The molecule has 1 aliphatic heterocycles. The highest BCUT2D eigenvalue weighted by Crippen LogP contribution is 2.36. The van der Waals surface area contributed by atoms with Gasteiger partial charge in [-0.2, -0.15) is 0 Å². The molecule has 20 heavy (non-hydrogen) atoms. The molecule has 110 valence electrons. The van der Waals surface area contributed by atoms with E-state index in [0.29, 0.717) is 18.7 Å². The van der Waals surface area contributed by atoms with E-state index in [1.165, 1.54) is 22.5 Å². The first-order chi connectivity index (χ1) is 9.27. The van der Waals surface area contributed by atoms with E-state index in [1.807, 2.05) is 0 Å². The number of sulfonamides is 2. The van der Waals surface area contributed by atoms with Crippen molar-refractivity contribution >= 4 is 25.7 Å². The molecule has 0 atom stereocenters. The summed E-state index contributed by atoms with van der Waals surface area (Å²) in [5.74, 6) is 0.469. The standard InChI is InChI=1S/C12H16N2O4S2/c13-20(17,18)11-3-4-12-10(7-11)5-6-14(12)19(15,16)8-9-1-2-9/h3-4,7,9H,1-2,5-6,8H2,(H2,13,17,18). The van der Waals surface area contributed by atoms with Crippen LogP contribution in [0, 0.1) is 5.92 Å². The van der Waals surface area contributed by atoms with E-state index >= 15 is 0 Å². The maximum Gasteiger partial charge on any atom is 0.238 e. The summed E-state index contributed by atoms with van der Waals surface area (Å²) >= 11 is 0. The maximum atomic E-state index is 12.3. The molecule has 0 radical (unpaired) electrons. The van der Waals surface area contributed by atoms with Crippen LogP contribution in [-0.4, -0.2) is 29.1 Å². The van der Waals surface area contributed by atoms with Gasteiger partial charge < -0.3 is 0 Å². The molecular weight excluding hydrogens is 300 g/mol. The van der Waals surface area contributed by atoms with Gasteiger partial charge in [-0.25, -0.2) is 22.0 Å². The van der Waals surface area contributed by atoms with Crippen molar-refractivity contribution in [1.29, 1.82) is 0 Å². The van der Waals surface area contributed by atoms with Crippen molar-refractivity contribution in [2.75, 3.05) is 16.6 Å². The fourth-order valence-corrected chi connectivity index (χ4v) is 5.01. The Balaban J connectivity index is 1.94. The maximum absolute atomic E-state index is 12.3. The van der Waals surface area contributed by atoms with Crippen LogP contribution in [0.15, 0.2) is 23.1 Å². The van der Waals surface area contributed by atoms with Gasteiger partial charge in [-0.05, 0) is 48.9 Å². The largest absolute Gasteiger partial charge is 0.270 e. The van der Waals surface area contributed by atoms with E-state index in [4.69, 9.17) is 5.14 Å². The van der Waals surface area contributed by atoms with Crippen LogP contribution in [0.2, 0.25) is 0 Å². The highest BCUT2D eigenvalue weighted by molar-refractivity contribution is 7.92. The molecule has 6 nitrogen and oxygen atoms in total. The second kappa shape index (κ2) is 4.44. The fourth-order valence-electron chi connectivity index (χ4n) is 2.49. The van der Waals surface area contributed by atoms with E-state index in [-0.39, 0.29) is 16.6 Å². The summed E-state index contributed by atoms with van der Waals surface area (Å²) in [6.07, 6.45) is 2.47. The number of hydrogen-bond acceptors (Lipinski definition) is 4. The lowest BCUT2D eigenvalue weighted by molar-refractivity contribution is 0.588. The van der Waals surface area contributed by atoms with Crippen LogP contribution in [0.1, 0.15) is 18.4 Å². The summed E-state index contributed by atoms with van der Waals surface area (Å²) in [4.78, 5) is 0.0256. The minimum Gasteiger partial charge on any atom is -0.270 e. The molecule has 1 saturated carbocycles. The SMILES string of the molecule is NS(=O)(=O)c1ccc2c(c1)CCN2S(=O)(=O)CC1CC1. The molecule has 0 aromatic heterocycles. The van der Waals surface area contributed by atoms with Crippen molar-refractivity contribution < 1.29 is 16.8 Å². The molecule has 0 unspecified atom stereocenters. The number of nitrogens with two attached hydrogens (primary N) is 1. The Kier molecular flexibility index (Phi) is 3.07. The lowest BCUT2D eigenvalue weighted by Crippen LogP contribution is -2.32. The Bertz CT molecular complexity index is 752. The molecule has 1 aromatic rings. The lowest BCUT2D eigenvalue weighted by Gasteiger charge is -2.19. The monoisotopic (exact) mass is 316 g/mol. The van der Waals surface area contributed by atoms with Gasteiger partial charge in [0, 0.05) is 6.54 Å². The van der Waals surface area contributed by atoms with Crippen molar-refractivity contribution in [2.24, 2.45) is 11.1 Å². The molecule has 0 spiro atoms. The third kappa shape index (κ3) is 2.55. The molecule has 1 fully saturated rings. The molecule has 0 saturated heterocycles. The zero-order valence-corrected chi connectivity index (χ0v) is 12.5. The van der Waals surface area contributed by atoms with Crippen LogP contribution < -0.4 is 9.44 Å². The van der Waals surface area contributed by atoms with Crippen LogP contribution in [0.4, 0.5) is 5.69 Å². The predicted molar refractivity (Wildman–Crippen MR) is 75.4 cm³/mol. The van der Waals surface area contributed by atoms with Gasteiger partial charge in [0.05, 0.1) is 16.3 Å². The molecule has 2 N–H and O–H groups in total. The average Bonchev–Trinajstić information content (AvgIpc) is 3.03. The third-order valence-corrected chi connectivity index (χ3v) is 6.57. The first-order valence-electron chi connectivity index (χ1n) is 6.43. The van der Waals surface area contributed by atoms with Crippen molar-refractivity contribution in [3.05, 3.63) is 23.8 Å². The molecule has 1 aromatic carbocycles. The normalized spacial score (nSPS) is 19.1. The summed E-state index contributed by atoms with van der Waals surface area (Å²) in [6, 6.07) is 4.36. The zero-order valence-electron chi connectivity index (χ0n) is 10.8. The minimum absolute atomic E-state index is 0.0256. The quantitative estimate of drug-likeness (QED) is 0.871. The highest BCUT2D eigenvalue weighted by atomic mass is 32.2. The van der Waals surface area contributed by atoms with Gasteiger partial charge in [0.1, 0.15) is 0 Å². The van der Waals surface area contributed by atoms with Crippen LogP contribution in [0.3, 0.4) is 0 Å². The van der Waals surface area contributed by atoms with Crippen molar-refractivity contribution in [2.45, 2.75) is 24.2 Å². The van der Waals surface area contributed by atoms with E-state index in [1.54, 1.807) is 0 Å². The number of benzene rings is 1. The van der Waals surface area contributed by atoms with E-state index in [0.717, 1.165) is 18.4 Å². The minimum atomic E-state index is -3.75. The van der Waals surface area contributed by atoms with Crippen LogP contribution in [0.25, 0.3) is 0 Å². The van der Waals surface area contributed by atoms with E-state index in [2.05, 4.69) is 0 Å². The van der Waals surface area contributed by atoms with Crippen molar-refractivity contribution in [3.8, 4) is 0 Å². The van der Waals surface area contributed by atoms with Gasteiger partial charge in [-0.15, -0.1) is 0 Å². The number of nitrogens with zero attached hydrogens (tertiary/aromatic N) is 1. The predicted octanol–water partition coefficient (Wildman–Crippen LogP) is 0.436. The Labute approximate surface area is 118 Å². The smallest absolute Gasteiger partial charge is 0.238 e. The molecular formula is C12H16N2O4S2. The van der Waals surface area contributed by atoms with Gasteiger partial charge >= 0.3 is 0 Å². The Morgan fingerprint density at radius 1 is 1.20 bits per heavy atom. The van der Waals surface area contributed by atoms with Crippen LogP contribution in [0.5, 0.6) is 0 Å². The fraction of sp³-hybridized carbons (Fsp3) is 0.500. The average molecular weight is 316 g/mol. The molecule has 8 heteroatoms. The number of primary sulfonamides is 1. The number of hydrogen-bond donors (Lipinski definition) is 1. The van der Waals surface area contributed by atoms with Gasteiger partial charge in [0.2, 0.25) is 20.0 Å². The second-order valence-corrected chi connectivity index (χ2v) is 8.88. The molecule has 0 bridgehead atoms. The first kappa shape index (κ1) is 13.8. The Morgan fingerprint density at radius 2 is 1.90 bits per heavy atom. The van der Waals surface area contributed by atoms with Gasteiger partial charge in [-0.1, -0.05) is 0 Å². The van der Waals surface area contributed by atoms with E-state index < -0.39 is 20.0 Å². The van der Waals surface area contributed by atoms with Gasteiger partial charge in [-0.3, -0.25) is 4.31 Å². The highest BCUT2D eigenvalue weighted by Gasteiger charge is 2.35. The summed E-state index contributed by atoms with van der Waals surface area (Å²) in [6.45, 7) is 0.373. The van der Waals surface area contributed by atoms with Crippen LogP contribution >= 0.6 is 0 Å². The van der Waals surface area contributed by atoms with Crippen molar-refractivity contribution in [3.63, 3.8) is 0 Å². The molecule has 1 aliphatic carbocycles. The lowest BCUT2D eigenvalue weighted by atomic mass is 10.2. The van der Waals surface area contributed by atoms with E-state index in [9.17, 15) is 16.8 Å². The second-order valence-electron chi connectivity index (χ2n) is 5.38.